The molecule has 1 fully saturated rings. The molecule has 0 atom stereocenters. The average Bonchev–Trinajstić information content (AvgIpc) is 2.42. The smallest absolute Gasteiger partial charge is 0.254 e. The highest BCUT2D eigenvalue weighted by Gasteiger charge is 2.32. The zero-order valence-electron chi connectivity index (χ0n) is 11.8. The summed E-state index contributed by atoms with van der Waals surface area (Å²) < 4.78 is 13.0. The zero-order valence-corrected chi connectivity index (χ0v) is 12.5. The Morgan fingerprint density at radius 2 is 1.86 bits per heavy atom. The van der Waals surface area contributed by atoms with Crippen molar-refractivity contribution in [2.45, 2.75) is 50.5 Å². The quantitative estimate of drug-likeness (QED) is 0.889. The van der Waals surface area contributed by atoms with Gasteiger partial charge in [-0.25, -0.2) is 4.39 Å². The summed E-state index contributed by atoms with van der Waals surface area (Å²) in [6.45, 7) is 0. The fourth-order valence-corrected chi connectivity index (χ4v) is 2.98. The number of carbonyl (C=O) groups is 1. The minimum atomic E-state index is -0.838. The van der Waals surface area contributed by atoms with Gasteiger partial charge in [0.25, 0.3) is 5.91 Å². The van der Waals surface area contributed by atoms with Gasteiger partial charge in [-0.05, 0) is 31.0 Å². The molecule has 3 nitrogen and oxygen atoms in total. The van der Waals surface area contributed by atoms with Crippen molar-refractivity contribution < 1.29 is 9.18 Å². The molecule has 1 aromatic rings. The normalized spacial score (nSPS) is 18.1. The van der Waals surface area contributed by atoms with Crippen molar-refractivity contribution in [3.8, 4) is 6.07 Å². The predicted octanol–water partition coefficient (Wildman–Crippen LogP) is 4.22. The van der Waals surface area contributed by atoms with Gasteiger partial charge in [0.05, 0.1) is 16.7 Å². The second-order valence-electron chi connectivity index (χ2n) is 5.54. The standard InChI is InChI=1S/C16H18ClFN2O/c17-14-10-12(18)6-7-13(14)15(21)20-16(11-19)8-4-2-1-3-5-9-16/h6-7,10H,1-5,8-9H2,(H,20,21). The SMILES string of the molecule is N#CC1(NC(=O)c2ccc(F)cc2Cl)CCCCCCC1. The van der Waals surface area contributed by atoms with Crippen LogP contribution < -0.4 is 5.32 Å². The van der Waals surface area contributed by atoms with Crippen molar-refractivity contribution in [3.63, 3.8) is 0 Å². The number of carbonyl (C=O) groups excluding carboxylic acids is 1. The van der Waals surface area contributed by atoms with E-state index in [1.54, 1.807) is 0 Å². The van der Waals surface area contributed by atoms with E-state index in [0.717, 1.165) is 31.7 Å². The molecule has 1 aliphatic carbocycles. The number of hydrogen-bond donors (Lipinski definition) is 1. The van der Waals surface area contributed by atoms with Crippen molar-refractivity contribution in [1.82, 2.24) is 5.32 Å². The third-order valence-corrected chi connectivity index (χ3v) is 4.26. The molecule has 2 rings (SSSR count). The number of hydrogen-bond acceptors (Lipinski definition) is 2. The van der Waals surface area contributed by atoms with Gasteiger partial charge in [-0.2, -0.15) is 5.26 Å². The van der Waals surface area contributed by atoms with Crippen LogP contribution in [0.25, 0.3) is 0 Å². The van der Waals surface area contributed by atoms with E-state index in [1.165, 1.54) is 18.6 Å². The largest absolute Gasteiger partial charge is 0.334 e. The minimum Gasteiger partial charge on any atom is -0.334 e. The molecule has 5 heteroatoms. The van der Waals surface area contributed by atoms with Crippen LogP contribution in [0.15, 0.2) is 18.2 Å². The first-order valence-corrected chi connectivity index (χ1v) is 7.63. The molecule has 112 valence electrons. The lowest BCUT2D eigenvalue weighted by atomic mass is 9.85. The van der Waals surface area contributed by atoms with E-state index in [0.29, 0.717) is 12.8 Å². The maximum absolute atomic E-state index is 13.0. The molecule has 21 heavy (non-hydrogen) atoms. The number of amides is 1. The number of halogens is 2. The van der Waals surface area contributed by atoms with Gasteiger partial charge in [-0.3, -0.25) is 4.79 Å². The summed E-state index contributed by atoms with van der Waals surface area (Å²) in [5, 5.41) is 12.4. The number of nitrogens with one attached hydrogen (secondary N) is 1. The lowest BCUT2D eigenvalue weighted by molar-refractivity contribution is 0.0908. The molecule has 1 amide bonds. The third-order valence-electron chi connectivity index (χ3n) is 3.95. The number of nitriles is 1. The lowest BCUT2D eigenvalue weighted by Gasteiger charge is -2.29. The summed E-state index contributed by atoms with van der Waals surface area (Å²) in [7, 11) is 0. The Bertz CT molecular complexity index is 560. The maximum Gasteiger partial charge on any atom is 0.254 e. The van der Waals surface area contributed by atoms with Crippen LogP contribution in [-0.4, -0.2) is 11.4 Å². The molecule has 0 spiro atoms. The van der Waals surface area contributed by atoms with Crippen LogP contribution in [0.3, 0.4) is 0 Å². The molecule has 0 aliphatic heterocycles. The van der Waals surface area contributed by atoms with E-state index >= 15 is 0 Å². The van der Waals surface area contributed by atoms with Crippen LogP contribution in [0.5, 0.6) is 0 Å². The van der Waals surface area contributed by atoms with Gasteiger partial charge in [0.1, 0.15) is 11.4 Å². The first-order valence-electron chi connectivity index (χ1n) is 7.25. The summed E-state index contributed by atoms with van der Waals surface area (Å²) >= 11 is 5.91. The Morgan fingerprint density at radius 3 is 2.43 bits per heavy atom. The van der Waals surface area contributed by atoms with Crippen molar-refractivity contribution in [1.29, 1.82) is 5.26 Å². The van der Waals surface area contributed by atoms with E-state index in [9.17, 15) is 14.4 Å². The summed E-state index contributed by atoms with van der Waals surface area (Å²) in [6.07, 6.45) is 6.48. The Balaban J connectivity index is 2.16. The van der Waals surface area contributed by atoms with Crippen molar-refractivity contribution >= 4 is 17.5 Å². The molecule has 1 aliphatic rings. The first kappa shape index (κ1) is 15.8. The van der Waals surface area contributed by atoms with Gasteiger partial charge >= 0.3 is 0 Å². The summed E-state index contributed by atoms with van der Waals surface area (Å²) in [5.41, 5.74) is -0.635. The van der Waals surface area contributed by atoms with Crippen LogP contribution in [0.2, 0.25) is 5.02 Å². The van der Waals surface area contributed by atoms with Gasteiger partial charge in [-0.1, -0.05) is 43.7 Å². The van der Waals surface area contributed by atoms with Gasteiger partial charge in [0.2, 0.25) is 0 Å². The van der Waals surface area contributed by atoms with Gasteiger partial charge in [0, 0.05) is 0 Å². The topological polar surface area (TPSA) is 52.9 Å². The van der Waals surface area contributed by atoms with Crippen LogP contribution in [0.1, 0.15) is 55.3 Å². The summed E-state index contributed by atoms with van der Waals surface area (Å²) in [4.78, 5) is 12.3. The monoisotopic (exact) mass is 308 g/mol. The van der Waals surface area contributed by atoms with Gasteiger partial charge in [-0.15, -0.1) is 0 Å². The van der Waals surface area contributed by atoms with Crippen LogP contribution in [0, 0.1) is 17.1 Å². The van der Waals surface area contributed by atoms with E-state index in [2.05, 4.69) is 11.4 Å². The van der Waals surface area contributed by atoms with Crippen molar-refractivity contribution in [3.05, 3.63) is 34.6 Å². The van der Waals surface area contributed by atoms with Crippen molar-refractivity contribution in [2.24, 2.45) is 0 Å². The van der Waals surface area contributed by atoms with Crippen molar-refractivity contribution in [2.75, 3.05) is 0 Å². The summed E-state index contributed by atoms with van der Waals surface area (Å²) in [6, 6.07) is 5.91. The Morgan fingerprint density at radius 1 is 1.24 bits per heavy atom. The van der Waals surface area contributed by atoms with Gasteiger partial charge in [0.15, 0.2) is 0 Å². The molecular formula is C16H18ClFN2O. The molecule has 1 aromatic carbocycles. The highest BCUT2D eigenvalue weighted by atomic mass is 35.5. The molecule has 0 radical (unpaired) electrons. The van der Waals surface area contributed by atoms with Crippen LogP contribution in [0.4, 0.5) is 4.39 Å². The lowest BCUT2D eigenvalue weighted by Crippen LogP contribution is -2.47. The highest BCUT2D eigenvalue weighted by molar-refractivity contribution is 6.33. The molecule has 0 saturated heterocycles. The molecule has 0 aromatic heterocycles. The second-order valence-corrected chi connectivity index (χ2v) is 5.95. The Labute approximate surface area is 129 Å². The molecule has 0 unspecified atom stereocenters. The zero-order chi connectivity index (χ0) is 15.3. The molecule has 0 heterocycles. The maximum atomic E-state index is 13.0. The van der Waals surface area contributed by atoms with Gasteiger partial charge < -0.3 is 5.32 Å². The fourth-order valence-electron chi connectivity index (χ4n) is 2.73. The molecule has 0 bridgehead atoms. The number of nitrogens with zero attached hydrogens (tertiary/aromatic N) is 1. The fraction of sp³-hybridized carbons (Fsp3) is 0.500. The molecule has 1 saturated carbocycles. The first-order chi connectivity index (χ1) is 10.1. The second kappa shape index (κ2) is 6.91. The van der Waals surface area contributed by atoms with E-state index in [4.69, 9.17) is 11.6 Å². The van der Waals surface area contributed by atoms with E-state index in [-0.39, 0.29) is 10.6 Å². The van der Waals surface area contributed by atoms with E-state index < -0.39 is 17.3 Å². The predicted molar refractivity (Wildman–Crippen MR) is 79.5 cm³/mol. The minimum absolute atomic E-state index is 0.0615. The third kappa shape index (κ3) is 3.95. The van der Waals surface area contributed by atoms with Crippen LogP contribution in [-0.2, 0) is 0 Å². The Kier molecular flexibility index (Phi) is 5.19. The average molecular weight is 309 g/mol. The number of rotatable bonds is 2. The van der Waals surface area contributed by atoms with Crippen LogP contribution >= 0.6 is 11.6 Å². The Hall–Kier alpha value is -1.60. The molecular weight excluding hydrogens is 291 g/mol. The molecule has 1 N–H and O–H groups in total. The summed E-state index contributed by atoms with van der Waals surface area (Å²) in [5.74, 6) is -0.903. The highest BCUT2D eigenvalue weighted by Crippen LogP contribution is 2.27. The number of benzene rings is 1. The van der Waals surface area contributed by atoms with E-state index in [1.807, 2.05) is 0 Å².